The maximum atomic E-state index is 12.8. The van der Waals surface area contributed by atoms with Crippen LogP contribution in [-0.2, 0) is 4.79 Å². The monoisotopic (exact) mass is 531 g/mol. The molecule has 8 heteroatoms. The maximum Gasteiger partial charge on any atom is 0.248 e. The lowest BCUT2D eigenvalue weighted by Crippen LogP contribution is -2.09. The van der Waals surface area contributed by atoms with Crippen molar-refractivity contribution in [1.29, 1.82) is 0 Å². The van der Waals surface area contributed by atoms with E-state index in [0.29, 0.717) is 46.8 Å². The van der Waals surface area contributed by atoms with Crippen molar-refractivity contribution < 1.29 is 33.2 Å². The van der Waals surface area contributed by atoms with Gasteiger partial charge in [0.25, 0.3) is 0 Å². The van der Waals surface area contributed by atoms with Gasteiger partial charge in [0.15, 0.2) is 23.0 Å². The van der Waals surface area contributed by atoms with Crippen molar-refractivity contribution in [2.24, 2.45) is 0 Å². The van der Waals surface area contributed by atoms with Crippen molar-refractivity contribution in [3.8, 4) is 34.5 Å². The third-order valence-electron chi connectivity index (χ3n) is 5.57. The molecular weight excluding hydrogens is 498 g/mol. The molecule has 39 heavy (non-hydrogen) atoms. The predicted molar refractivity (Wildman–Crippen MR) is 154 cm³/mol. The van der Waals surface area contributed by atoms with Crippen LogP contribution in [0.25, 0.3) is 18.2 Å². The molecule has 1 amide bonds. The molecule has 0 aromatic heterocycles. The minimum Gasteiger partial charge on any atom is -0.493 e. The topological polar surface area (TPSA) is 84.5 Å². The molecule has 0 aliphatic carbocycles. The van der Waals surface area contributed by atoms with Crippen LogP contribution in [0.15, 0.2) is 67.3 Å². The van der Waals surface area contributed by atoms with Gasteiger partial charge in [-0.05, 0) is 59.2 Å². The molecule has 0 spiro atoms. The van der Waals surface area contributed by atoms with Gasteiger partial charge in [-0.1, -0.05) is 36.9 Å². The van der Waals surface area contributed by atoms with Gasteiger partial charge in [-0.25, -0.2) is 0 Å². The first-order chi connectivity index (χ1) is 19.0. The van der Waals surface area contributed by atoms with E-state index in [1.807, 2.05) is 54.6 Å². The number of ether oxygens (including phenoxy) is 6. The van der Waals surface area contributed by atoms with E-state index < -0.39 is 0 Å². The summed E-state index contributed by atoms with van der Waals surface area (Å²) in [5, 5.41) is 2.88. The minimum atomic E-state index is -0.335. The summed E-state index contributed by atoms with van der Waals surface area (Å²) < 4.78 is 32.9. The fourth-order valence-electron chi connectivity index (χ4n) is 3.77. The van der Waals surface area contributed by atoms with Crippen LogP contribution in [0.5, 0.6) is 34.5 Å². The highest BCUT2D eigenvalue weighted by Gasteiger charge is 2.15. The quantitative estimate of drug-likeness (QED) is 0.162. The van der Waals surface area contributed by atoms with Gasteiger partial charge in [0.05, 0.1) is 41.2 Å². The Kier molecular flexibility index (Phi) is 10.4. The number of benzene rings is 3. The van der Waals surface area contributed by atoms with Crippen molar-refractivity contribution in [3.63, 3.8) is 0 Å². The lowest BCUT2D eigenvalue weighted by atomic mass is 10.1. The van der Waals surface area contributed by atoms with Crippen molar-refractivity contribution >= 4 is 29.8 Å². The molecule has 3 rings (SSSR count). The number of anilines is 1. The number of hydrogen-bond donors (Lipinski definition) is 1. The molecule has 0 heterocycles. The van der Waals surface area contributed by atoms with Crippen LogP contribution in [0.4, 0.5) is 5.69 Å². The Hall–Kier alpha value is -4.85. The van der Waals surface area contributed by atoms with Crippen molar-refractivity contribution in [2.45, 2.75) is 0 Å². The summed E-state index contributed by atoms with van der Waals surface area (Å²) in [6.07, 6.45) is 8.58. The van der Waals surface area contributed by atoms with E-state index >= 15 is 0 Å². The molecule has 0 radical (unpaired) electrons. The van der Waals surface area contributed by atoms with E-state index in [-0.39, 0.29) is 5.91 Å². The van der Waals surface area contributed by atoms with E-state index in [1.165, 1.54) is 20.3 Å². The maximum absolute atomic E-state index is 12.8. The van der Waals surface area contributed by atoms with E-state index in [2.05, 4.69) is 11.9 Å². The van der Waals surface area contributed by atoms with Gasteiger partial charge >= 0.3 is 0 Å². The zero-order chi connectivity index (χ0) is 28.2. The fraction of sp³-hybridized carbons (Fsp3) is 0.194. The van der Waals surface area contributed by atoms with Gasteiger partial charge in [0.1, 0.15) is 12.4 Å². The van der Waals surface area contributed by atoms with E-state index in [9.17, 15) is 4.79 Å². The average molecular weight is 532 g/mol. The zero-order valence-corrected chi connectivity index (χ0v) is 22.8. The number of hydrogen-bond acceptors (Lipinski definition) is 7. The standard InChI is InChI=1S/C31H33NO7/c1-7-15-39-24-10-8-9-21(16-24)13-14-29(33)32-25-17-22(18-26(34-2)30(25)37-5)11-12-23-19-27(35-3)31(38-6)28(20-23)36-4/h7-14,16-20H,1,15H2,2-6H3,(H,32,33)/b12-11+,14-13+. The second-order valence-corrected chi connectivity index (χ2v) is 8.09. The Morgan fingerprint density at radius 1 is 0.744 bits per heavy atom. The summed E-state index contributed by atoms with van der Waals surface area (Å²) in [5.74, 6) is 2.83. The number of carbonyl (C=O) groups is 1. The fourth-order valence-corrected chi connectivity index (χ4v) is 3.77. The van der Waals surface area contributed by atoms with Crippen molar-refractivity contribution in [1.82, 2.24) is 0 Å². The number of methoxy groups -OCH3 is 5. The lowest BCUT2D eigenvalue weighted by molar-refractivity contribution is -0.111. The Bertz CT molecular complexity index is 1340. The van der Waals surface area contributed by atoms with Crippen LogP contribution in [0.3, 0.4) is 0 Å². The van der Waals surface area contributed by atoms with Crippen LogP contribution in [-0.4, -0.2) is 48.1 Å². The molecule has 3 aromatic carbocycles. The molecule has 0 bridgehead atoms. The normalized spacial score (nSPS) is 10.8. The van der Waals surface area contributed by atoms with Gasteiger partial charge in [0, 0.05) is 6.08 Å². The summed E-state index contributed by atoms with van der Waals surface area (Å²) in [6.45, 7) is 4.05. The number of carbonyl (C=O) groups excluding carboxylic acids is 1. The first-order valence-electron chi connectivity index (χ1n) is 12.0. The van der Waals surface area contributed by atoms with Gasteiger partial charge in [0.2, 0.25) is 11.7 Å². The van der Waals surface area contributed by atoms with Crippen LogP contribution in [0.1, 0.15) is 16.7 Å². The highest BCUT2D eigenvalue weighted by molar-refractivity contribution is 6.03. The van der Waals surface area contributed by atoms with Crippen LogP contribution < -0.4 is 33.7 Å². The Morgan fingerprint density at radius 2 is 1.33 bits per heavy atom. The Labute approximate surface area is 229 Å². The molecular formula is C31H33NO7. The van der Waals surface area contributed by atoms with Crippen molar-refractivity contribution in [2.75, 3.05) is 47.5 Å². The summed E-state index contributed by atoms with van der Waals surface area (Å²) in [5.41, 5.74) is 2.87. The van der Waals surface area contributed by atoms with Gasteiger partial charge < -0.3 is 33.7 Å². The highest BCUT2D eigenvalue weighted by atomic mass is 16.5. The third kappa shape index (κ3) is 7.58. The van der Waals surface area contributed by atoms with Gasteiger partial charge in [-0.15, -0.1) is 0 Å². The largest absolute Gasteiger partial charge is 0.493 e. The second-order valence-electron chi connectivity index (χ2n) is 8.09. The van der Waals surface area contributed by atoms with Crippen LogP contribution in [0, 0.1) is 0 Å². The minimum absolute atomic E-state index is 0.335. The molecule has 8 nitrogen and oxygen atoms in total. The smallest absolute Gasteiger partial charge is 0.248 e. The molecule has 3 aromatic rings. The second kappa shape index (κ2) is 14.2. The summed E-state index contributed by atoms with van der Waals surface area (Å²) in [6, 6.07) is 14.7. The number of amides is 1. The SMILES string of the molecule is C=CCOc1cccc(/C=C/C(=O)Nc2cc(/C=C/c3cc(OC)c(OC)c(OC)c3)cc(OC)c2OC)c1. The predicted octanol–water partition coefficient (Wildman–Crippen LogP) is 6.12. The van der Waals surface area contributed by atoms with E-state index in [4.69, 9.17) is 28.4 Å². The van der Waals surface area contributed by atoms with Crippen LogP contribution >= 0.6 is 0 Å². The first-order valence-corrected chi connectivity index (χ1v) is 12.0. The lowest BCUT2D eigenvalue weighted by Gasteiger charge is -2.14. The zero-order valence-electron chi connectivity index (χ0n) is 22.8. The summed E-state index contributed by atoms with van der Waals surface area (Å²) >= 11 is 0. The van der Waals surface area contributed by atoms with E-state index in [0.717, 1.165) is 16.7 Å². The first kappa shape index (κ1) is 28.7. The summed E-state index contributed by atoms with van der Waals surface area (Å²) in [4.78, 5) is 12.8. The molecule has 0 saturated carbocycles. The number of rotatable bonds is 13. The Balaban J connectivity index is 1.86. The van der Waals surface area contributed by atoms with Gasteiger partial charge in [-0.2, -0.15) is 0 Å². The molecule has 0 aliphatic heterocycles. The van der Waals surface area contributed by atoms with Crippen LogP contribution in [0.2, 0.25) is 0 Å². The molecule has 0 saturated heterocycles. The molecule has 1 N–H and O–H groups in total. The van der Waals surface area contributed by atoms with Gasteiger partial charge in [-0.3, -0.25) is 4.79 Å². The Morgan fingerprint density at radius 3 is 1.90 bits per heavy atom. The molecule has 0 aliphatic rings. The molecule has 0 atom stereocenters. The average Bonchev–Trinajstić information content (AvgIpc) is 2.97. The van der Waals surface area contributed by atoms with Crippen molar-refractivity contribution in [3.05, 3.63) is 84.0 Å². The number of nitrogens with one attached hydrogen (secondary N) is 1. The third-order valence-corrected chi connectivity index (χ3v) is 5.57. The molecule has 0 unspecified atom stereocenters. The highest BCUT2D eigenvalue weighted by Crippen LogP contribution is 2.40. The summed E-state index contributed by atoms with van der Waals surface area (Å²) in [7, 11) is 7.74. The molecule has 204 valence electrons. The van der Waals surface area contributed by atoms with E-state index in [1.54, 1.807) is 39.5 Å². The molecule has 0 fully saturated rings.